The van der Waals surface area contributed by atoms with Crippen molar-refractivity contribution in [1.29, 1.82) is 0 Å². The summed E-state index contributed by atoms with van der Waals surface area (Å²) >= 11 is 16.2. The third-order valence-corrected chi connectivity index (χ3v) is 5.31. The summed E-state index contributed by atoms with van der Waals surface area (Å²) in [6.07, 6.45) is 0.158. The van der Waals surface area contributed by atoms with E-state index in [0.717, 1.165) is 0 Å². The molecule has 1 fully saturated rings. The molecule has 0 radical (unpaired) electrons. The van der Waals surface area contributed by atoms with Gasteiger partial charge in [0.25, 0.3) is 5.17 Å². The van der Waals surface area contributed by atoms with Gasteiger partial charge in [0.15, 0.2) is 9.84 Å². The first-order valence-electron chi connectivity index (χ1n) is 5.11. The summed E-state index contributed by atoms with van der Waals surface area (Å²) in [6, 6.07) is 0. The molecule has 0 aromatic heterocycles. The van der Waals surface area contributed by atoms with Crippen LogP contribution in [-0.4, -0.2) is 48.5 Å². The van der Waals surface area contributed by atoms with E-state index < -0.39 is 15.4 Å². The Balaban J connectivity index is 2.52. The van der Waals surface area contributed by atoms with Crippen LogP contribution < -0.4 is 5.32 Å². The highest BCUT2D eigenvalue weighted by atomic mass is 35.5. The van der Waals surface area contributed by atoms with Gasteiger partial charge in [-0.1, -0.05) is 0 Å². The van der Waals surface area contributed by atoms with Crippen LogP contribution in [0.5, 0.6) is 0 Å². The second-order valence-electron chi connectivity index (χ2n) is 4.36. The van der Waals surface area contributed by atoms with Gasteiger partial charge in [-0.3, -0.25) is 0 Å². The summed E-state index contributed by atoms with van der Waals surface area (Å²) < 4.78 is 28.1. The molecule has 0 aromatic carbocycles. The largest absolute Gasteiger partial charge is 0.465 e. The van der Waals surface area contributed by atoms with Crippen LogP contribution in [0.1, 0.15) is 13.3 Å². The normalized spacial score (nSPS) is 27.1. The van der Waals surface area contributed by atoms with Gasteiger partial charge < -0.3 is 10.1 Å². The van der Waals surface area contributed by atoms with Crippen LogP contribution in [0.15, 0.2) is 0 Å². The van der Waals surface area contributed by atoms with E-state index in [-0.39, 0.29) is 34.5 Å². The summed E-state index contributed by atoms with van der Waals surface area (Å²) in [4.78, 5) is 0. The molecule has 0 bridgehead atoms. The number of alkyl halides is 2. The number of ether oxygens (including phenoxy) is 1. The van der Waals surface area contributed by atoms with E-state index in [0.29, 0.717) is 6.42 Å². The molecule has 0 saturated carbocycles. The fraction of sp³-hybridized carbons (Fsp3) is 0.889. The molecule has 17 heavy (non-hydrogen) atoms. The van der Waals surface area contributed by atoms with Crippen molar-refractivity contribution in [2.45, 2.75) is 25.0 Å². The van der Waals surface area contributed by atoms with E-state index in [1.165, 1.54) is 0 Å². The molecule has 1 heterocycles. The number of sulfone groups is 1. The van der Waals surface area contributed by atoms with Crippen LogP contribution in [0.3, 0.4) is 0 Å². The third kappa shape index (κ3) is 4.77. The Morgan fingerprint density at radius 3 is 2.53 bits per heavy atom. The first kappa shape index (κ1) is 15.3. The van der Waals surface area contributed by atoms with E-state index in [9.17, 15) is 8.42 Å². The molecular weight excluding hydrogens is 305 g/mol. The smallest absolute Gasteiger partial charge is 0.257 e. The van der Waals surface area contributed by atoms with Gasteiger partial charge in [0, 0.05) is 0 Å². The van der Waals surface area contributed by atoms with Gasteiger partial charge in [-0.25, -0.2) is 8.42 Å². The molecule has 1 N–H and O–H groups in total. The van der Waals surface area contributed by atoms with Crippen molar-refractivity contribution < 1.29 is 13.2 Å². The molecule has 4 nitrogen and oxygen atoms in total. The van der Waals surface area contributed by atoms with Crippen molar-refractivity contribution in [3.63, 3.8) is 0 Å². The summed E-state index contributed by atoms with van der Waals surface area (Å²) in [5, 5.41) is 3.07. The van der Waals surface area contributed by atoms with Crippen LogP contribution in [0.2, 0.25) is 0 Å². The molecule has 0 aromatic rings. The zero-order valence-corrected chi connectivity index (χ0v) is 12.6. The molecule has 0 aliphatic carbocycles. The Hall–Kier alpha value is 0.220. The summed E-state index contributed by atoms with van der Waals surface area (Å²) in [5.41, 5.74) is -0.556. The van der Waals surface area contributed by atoms with E-state index >= 15 is 0 Å². The van der Waals surface area contributed by atoms with Crippen molar-refractivity contribution in [3.05, 3.63) is 0 Å². The Morgan fingerprint density at radius 2 is 2.12 bits per heavy atom. The molecule has 8 heteroatoms. The number of hydrogen-bond donors (Lipinski definition) is 1. The highest BCUT2D eigenvalue weighted by Gasteiger charge is 2.39. The van der Waals surface area contributed by atoms with Crippen LogP contribution >= 0.6 is 35.4 Å². The first-order chi connectivity index (χ1) is 7.80. The van der Waals surface area contributed by atoms with E-state index in [2.05, 4.69) is 5.32 Å². The average Bonchev–Trinajstić information content (AvgIpc) is 2.49. The number of rotatable bonds is 4. The fourth-order valence-corrected chi connectivity index (χ4v) is 4.57. The first-order valence-corrected chi connectivity index (χ1v) is 8.41. The van der Waals surface area contributed by atoms with Crippen molar-refractivity contribution in [1.82, 2.24) is 5.32 Å². The van der Waals surface area contributed by atoms with E-state index in [4.69, 9.17) is 40.2 Å². The van der Waals surface area contributed by atoms with Gasteiger partial charge in [-0.15, -0.1) is 23.2 Å². The lowest BCUT2D eigenvalue weighted by Crippen LogP contribution is -2.48. The third-order valence-electron chi connectivity index (χ3n) is 2.53. The Labute approximate surface area is 117 Å². The zero-order valence-electron chi connectivity index (χ0n) is 9.41. The molecular formula is C9H15Cl2NO3S2. The minimum Gasteiger partial charge on any atom is -0.465 e. The number of thiocarbonyl (C=S) groups is 1. The summed E-state index contributed by atoms with van der Waals surface area (Å²) in [5.74, 6) is 0.712. The van der Waals surface area contributed by atoms with Crippen molar-refractivity contribution in [2.24, 2.45) is 0 Å². The summed E-state index contributed by atoms with van der Waals surface area (Å²) in [7, 11) is -2.97. The standard InChI is InChI=1S/C9H15Cl2NO3S2/c1-9(2-3-17(13,14)6-9)12-8(16)15-7(4-10)5-11/h7H,2-6H2,1H3,(H,12,16)/t9-/m0/s1. The van der Waals surface area contributed by atoms with Crippen LogP contribution in [-0.2, 0) is 14.6 Å². The maximum Gasteiger partial charge on any atom is 0.257 e. The van der Waals surface area contributed by atoms with Crippen molar-refractivity contribution in [3.8, 4) is 0 Å². The Morgan fingerprint density at radius 1 is 1.53 bits per heavy atom. The molecule has 0 amide bonds. The number of nitrogens with one attached hydrogen (secondary N) is 1. The summed E-state index contributed by atoms with van der Waals surface area (Å²) in [6.45, 7) is 1.81. The molecule has 1 aliphatic rings. The molecule has 1 aliphatic heterocycles. The fourth-order valence-electron chi connectivity index (χ4n) is 1.64. The minimum atomic E-state index is -2.97. The van der Waals surface area contributed by atoms with Crippen LogP contribution in [0, 0.1) is 0 Å². The number of hydrogen-bond acceptors (Lipinski definition) is 4. The Bertz CT molecular complexity index is 384. The van der Waals surface area contributed by atoms with Crippen molar-refractivity contribution in [2.75, 3.05) is 23.3 Å². The molecule has 1 saturated heterocycles. The second kappa shape index (κ2) is 5.91. The lowest BCUT2D eigenvalue weighted by molar-refractivity contribution is 0.221. The number of halogens is 2. The SMILES string of the molecule is C[C@]1(NC(=S)OC(CCl)CCl)CCS(=O)(=O)C1. The van der Waals surface area contributed by atoms with Gasteiger partial charge in [0.05, 0.1) is 28.8 Å². The van der Waals surface area contributed by atoms with Crippen LogP contribution in [0.25, 0.3) is 0 Å². The van der Waals surface area contributed by atoms with Crippen molar-refractivity contribution >= 4 is 50.4 Å². The quantitative estimate of drug-likeness (QED) is 0.625. The average molecular weight is 320 g/mol. The van der Waals surface area contributed by atoms with Gasteiger partial charge in [0.1, 0.15) is 6.10 Å². The lowest BCUT2D eigenvalue weighted by atomic mass is 10.0. The minimum absolute atomic E-state index is 0.0654. The molecule has 100 valence electrons. The monoisotopic (exact) mass is 319 g/mol. The highest BCUT2D eigenvalue weighted by molar-refractivity contribution is 7.91. The maximum absolute atomic E-state index is 11.4. The topological polar surface area (TPSA) is 55.4 Å². The predicted octanol–water partition coefficient (Wildman–Crippen LogP) is 1.30. The van der Waals surface area contributed by atoms with E-state index in [1.54, 1.807) is 0 Å². The Kier molecular flexibility index (Phi) is 5.31. The van der Waals surface area contributed by atoms with Crippen LogP contribution in [0.4, 0.5) is 0 Å². The van der Waals surface area contributed by atoms with E-state index in [1.807, 2.05) is 6.92 Å². The second-order valence-corrected chi connectivity index (χ2v) is 7.54. The predicted molar refractivity (Wildman–Crippen MR) is 73.7 cm³/mol. The van der Waals surface area contributed by atoms with Gasteiger partial charge in [0.2, 0.25) is 0 Å². The molecule has 1 atom stereocenters. The molecule has 0 spiro atoms. The van der Waals surface area contributed by atoms with Gasteiger partial charge in [-0.2, -0.15) is 0 Å². The molecule has 1 rings (SSSR count). The van der Waals surface area contributed by atoms with Gasteiger partial charge >= 0.3 is 0 Å². The molecule has 0 unspecified atom stereocenters. The highest BCUT2D eigenvalue weighted by Crippen LogP contribution is 2.23. The maximum atomic E-state index is 11.4. The zero-order chi connectivity index (χ0) is 13.1. The lowest BCUT2D eigenvalue weighted by Gasteiger charge is -2.26. The van der Waals surface area contributed by atoms with Gasteiger partial charge in [-0.05, 0) is 25.6 Å².